The summed E-state index contributed by atoms with van der Waals surface area (Å²) in [6.07, 6.45) is -4.85. The summed E-state index contributed by atoms with van der Waals surface area (Å²) in [4.78, 5) is 11.0. The van der Waals surface area contributed by atoms with Gasteiger partial charge in [0.2, 0.25) is 0 Å². The van der Waals surface area contributed by atoms with Crippen molar-refractivity contribution in [2.45, 2.75) is 6.18 Å². The molecule has 0 unspecified atom stereocenters. The molecule has 0 spiro atoms. The van der Waals surface area contributed by atoms with Crippen LogP contribution in [-0.4, -0.2) is 5.97 Å². The molecule has 0 bridgehead atoms. The number of fused-ring (bicyclic) bond motifs is 1. The number of alkyl halides is 3. The predicted molar refractivity (Wildman–Crippen MR) is 58.3 cm³/mol. The highest BCUT2D eigenvalue weighted by Crippen LogP contribution is 2.40. The van der Waals surface area contributed by atoms with Crippen LogP contribution in [0.15, 0.2) is 30.3 Å². The summed E-state index contributed by atoms with van der Waals surface area (Å²) in [7, 11) is 0. The Kier molecular flexibility index (Phi) is 2.94. The van der Waals surface area contributed by atoms with Crippen molar-refractivity contribution in [2.75, 3.05) is 0 Å². The van der Waals surface area contributed by atoms with Crippen LogP contribution < -0.4 is 5.11 Å². The quantitative estimate of drug-likeness (QED) is 0.801. The van der Waals surface area contributed by atoms with E-state index < -0.39 is 28.3 Å². The van der Waals surface area contributed by atoms with Gasteiger partial charge in [0.15, 0.2) is 0 Å². The van der Waals surface area contributed by atoms with Gasteiger partial charge >= 0.3 is 6.18 Å². The zero-order valence-corrected chi connectivity index (χ0v) is 9.47. The molecular weight excluding hydrogens is 269 g/mol. The second-order valence-corrected chi connectivity index (χ2v) is 4.02. The van der Waals surface area contributed by atoms with E-state index in [9.17, 15) is 23.1 Å². The summed E-state index contributed by atoms with van der Waals surface area (Å²) in [5, 5.41) is 10.6. The molecule has 6 heteroatoms. The van der Waals surface area contributed by atoms with Gasteiger partial charge in [-0.15, -0.1) is 0 Å². The maximum atomic E-state index is 12.8. The van der Waals surface area contributed by atoms with E-state index in [1.54, 1.807) is 6.07 Å². The van der Waals surface area contributed by atoms with Crippen molar-refractivity contribution >= 4 is 28.3 Å². The fourth-order valence-electron chi connectivity index (χ4n) is 1.80. The van der Waals surface area contributed by atoms with Crippen molar-refractivity contribution in [3.8, 4) is 0 Å². The third-order valence-corrected chi connectivity index (χ3v) is 2.79. The average molecular weight is 274 g/mol. The number of carbonyl (C=O) groups excluding carboxylic acids is 1. The highest BCUT2D eigenvalue weighted by Gasteiger charge is 2.37. The predicted octanol–water partition coefficient (Wildman–Crippen LogP) is 2.88. The molecule has 0 aliphatic heterocycles. The van der Waals surface area contributed by atoms with E-state index in [1.165, 1.54) is 18.2 Å². The van der Waals surface area contributed by atoms with Gasteiger partial charge in [0, 0.05) is 5.56 Å². The average Bonchev–Trinajstić information content (AvgIpc) is 2.25. The topological polar surface area (TPSA) is 40.1 Å². The monoisotopic (exact) mass is 273 g/mol. The minimum atomic E-state index is -4.85. The smallest absolute Gasteiger partial charge is 0.418 e. The molecule has 2 aromatic rings. The summed E-state index contributed by atoms with van der Waals surface area (Å²) in [5.41, 5.74) is -2.30. The molecule has 0 aromatic heterocycles. The van der Waals surface area contributed by atoms with E-state index in [-0.39, 0.29) is 5.39 Å². The maximum Gasteiger partial charge on any atom is 0.418 e. The lowest BCUT2D eigenvalue weighted by atomic mass is 9.98. The second kappa shape index (κ2) is 4.17. The molecule has 0 N–H and O–H groups in total. The third kappa shape index (κ3) is 2.01. The molecule has 18 heavy (non-hydrogen) atoms. The van der Waals surface area contributed by atoms with Crippen molar-refractivity contribution in [1.82, 2.24) is 0 Å². The Hall–Kier alpha value is -1.75. The number of hydrogen-bond acceptors (Lipinski definition) is 2. The highest BCUT2D eigenvalue weighted by molar-refractivity contribution is 6.33. The van der Waals surface area contributed by atoms with Gasteiger partial charge in [0.25, 0.3) is 0 Å². The van der Waals surface area contributed by atoms with Crippen molar-refractivity contribution < 1.29 is 23.1 Å². The SMILES string of the molecule is O=C([O-])c1c(C(F)(F)F)c(Cl)cc2ccccc12. The Morgan fingerprint density at radius 2 is 1.83 bits per heavy atom. The summed E-state index contributed by atoms with van der Waals surface area (Å²) in [6, 6.07) is 6.87. The van der Waals surface area contributed by atoms with Gasteiger partial charge < -0.3 is 9.90 Å². The summed E-state index contributed by atoms with van der Waals surface area (Å²) < 4.78 is 38.5. The number of benzene rings is 2. The fraction of sp³-hybridized carbons (Fsp3) is 0.0833. The van der Waals surface area contributed by atoms with E-state index >= 15 is 0 Å². The molecule has 0 heterocycles. The molecule has 0 amide bonds. The number of halogens is 4. The number of aromatic carboxylic acids is 1. The third-order valence-electron chi connectivity index (χ3n) is 2.49. The molecule has 2 aromatic carbocycles. The summed E-state index contributed by atoms with van der Waals surface area (Å²) in [5.74, 6) is -1.90. The molecule has 0 saturated heterocycles. The Morgan fingerprint density at radius 3 is 2.39 bits per heavy atom. The van der Waals surface area contributed by atoms with Crippen molar-refractivity contribution in [3.63, 3.8) is 0 Å². The van der Waals surface area contributed by atoms with Crippen LogP contribution in [0.1, 0.15) is 15.9 Å². The van der Waals surface area contributed by atoms with Gasteiger partial charge in [-0.05, 0) is 16.8 Å². The second-order valence-electron chi connectivity index (χ2n) is 3.61. The largest absolute Gasteiger partial charge is 0.545 e. The minimum Gasteiger partial charge on any atom is -0.545 e. The molecule has 0 saturated carbocycles. The normalized spacial score (nSPS) is 11.8. The van der Waals surface area contributed by atoms with Gasteiger partial charge in [0.1, 0.15) is 0 Å². The Labute approximate surface area is 105 Å². The van der Waals surface area contributed by atoms with Crippen LogP contribution >= 0.6 is 11.6 Å². The first-order valence-electron chi connectivity index (χ1n) is 4.82. The number of carboxylic acids is 1. The molecule has 0 fully saturated rings. The summed E-state index contributed by atoms with van der Waals surface area (Å²) >= 11 is 5.53. The van der Waals surface area contributed by atoms with Crippen LogP contribution in [0.25, 0.3) is 10.8 Å². The van der Waals surface area contributed by atoms with Crippen molar-refractivity contribution in [1.29, 1.82) is 0 Å². The van der Waals surface area contributed by atoms with Crippen LogP contribution in [0.5, 0.6) is 0 Å². The first kappa shape index (κ1) is 12.7. The first-order valence-corrected chi connectivity index (χ1v) is 5.20. The molecule has 94 valence electrons. The van der Waals surface area contributed by atoms with Crippen LogP contribution in [0.3, 0.4) is 0 Å². The van der Waals surface area contributed by atoms with Crippen molar-refractivity contribution in [2.24, 2.45) is 0 Å². The highest BCUT2D eigenvalue weighted by atomic mass is 35.5. The zero-order valence-electron chi connectivity index (χ0n) is 8.72. The van der Waals surface area contributed by atoms with Crippen LogP contribution in [0, 0.1) is 0 Å². The van der Waals surface area contributed by atoms with E-state index in [0.29, 0.717) is 5.39 Å². The van der Waals surface area contributed by atoms with Crippen molar-refractivity contribution in [3.05, 3.63) is 46.5 Å². The van der Waals surface area contributed by atoms with Crippen LogP contribution in [-0.2, 0) is 6.18 Å². The van der Waals surface area contributed by atoms with E-state index in [2.05, 4.69) is 0 Å². The molecule has 0 aliphatic carbocycles. The Bertz CT molecular complexity index is 635. The molecular formula is C12H5ClF3O2-. The fourth-order valence-corrected chi connectivity index (χ4v) is 2.12. The first-order chi connectivity index (χ1) is 8.32. The number of carbonyl (C=O) groups is 1. The Balaban J connectivity index is 2.97. The number of rotatable bonds is 1. The van der Waals surface area contributed by atoms with Crippen LogP contribution in [0.4, 0.5) is 13.2 Å². The van der Waals surface area contributed by atoms with Gasteiger partial charge in [0.05, 0.1) is 16.6 Å². The minimum absolute atomic E-state index is 0.0470. The van der Waals surface area contributed by atoms with Crippen LogP contribution in [0.2, 0.25) is 5.02 Å². The molecule has 0 radical (unpaired) electrons. The molecule has 0 aliphatic rings. The van der Waals surface area contributed by atoms with Gasteiger partial charge in [-0.3, -0.25) is 0 Å². The lowest BCUT2D eigenvalue weighted by Gasteiger charge is -2.17. The van der Waals surface area contributed by atoms with E-state index in [0.717, 1.165) is 6.07 Å². The molecule has 0 atom stereocenters. The van der Waals surface area contributed by atoms with E-state index in [4.69, 9.17) is 11.6 Å². The molecule has 2 nitrogen and oxygen atoms in total. The van der Waals surface area contributed by atoms with Gasteiger partial charge in [-0.2, -0.15) is 13.2 Å². The Morgan fingerprint density at radius 1 is 1.22 bits per heavy atom. The standard InChI is InChI=1S/C12H6ClF3O2/c13-8-5-6-3-1-2-4-7(6)9(11(17)18)10(8)12(14,15)16/h1-5H,(H,17,18)/p-1. The van der Waals surface area contributed by atoms with E-state index in [1.807, 2.05) is 0 Å². The molecule has 2 rings (SSSR count). The summed E-state index contributed by atoms with van der Waals surface area (Å²) in [6.45, 7) is 0. The number of carboxylic acid groups (broad SMARTS) is 1. The van der Waals surface area contributed by atoms with Gasteiger partial charge in [-0.1, -0.05) is 35.9 Å². The lowest BCUT2D eigenvalue weighted by molar-refractivity contribution is -0.255. The zero-order chi connectivity index (χ0) is 13.5. The van der Waals surface area contributed by atoms with Gasteiger partial charge in [-0.25, -0.2) is 0 Å². The lowest BCUT2D eigenvalue weighted by Crippen LogP contribution is -2.26. The number of hydrogen-bond donors (Lipinski definition) is 0. The maximum absolute atomic E-state index is 12.8.